The second-order valence-corrected chi connectivity index (χ2v) is 9.76. The average Bonchev–Trinajstić information content (AvgIpc) is 3.40. The van der Waals surface area contributed by atoms with Gasteiger partial charge >= 0.3 is 0 Å². The number of rotatable bonds is 8. The lowest BCUT2D eigenvalue weighted by molar-refractivity contribution is -0.140. The number of nitrogens with zero attached hydrogens (tertiary/aromatic N) is 2. The molecule has 2 fully saturated rings. The molecule has 0 bridgehead atoms. The van der Waals surface area contributed by atoms with Crippen molar-refractivity contribution in [2.45, 2.75) is 38.8 Å². The van der Waals surface area contributed by atoms with Crippen molar-refractivity contribution in [3.05, 3.63) is 64.7 Å². The zero-order valence-corrected chi connectivity index (χ0v) is 21.4. The molecule has 196 valence electrons. The quantitative estimate of drug-likeness (QED) is 0.333. The summed E-state index contributed by atoms with van der Waals surface area (Å²) in [7, 11) is 0. The van der Waals surface area contributed by atoms with Gasteiger partial charge in [-0.25, -0.2) is 0 Å². The van der Waals surface area contributed by atoms with E-state index in [2.05, 4.69) is 4.90 Å². The van der Waals surface area contributed by atoms with E-state index in [0.29, 0.717) is 44.1 Å². The van der Waals surface area contributed by atoms with Crippen LogP contribution in [0.15, 0.2) is 48.0 Å². The van der Waals surface area contributed by atoms with Crippen LogP contribution < -0.4 is 9.47 Å². The van der Waals surface area contributed by atoms with Crippen molar-refractivity contribution in [1.82, 2.24) is 9.80 Å². The number of ketones is 1. The van der Waals surface area contributed by atoms with Gasteiger partial charge in [0.2, 0.25) is 0 Å². The number of ether oxygens (including phenoxy) is 3. The molecule has 0 saturated carbocycles. The van der Waals surface area contributed by atoms with Gasteiger partial charge in [0, 0.05) is 38.2 Å². The molecule has 0 radical (unpaired) electrons. The van der Waals surface area contributed by atoms with Gasteiger partial charge in [0.15, 0.2) is 0 Å². The van der Waals surface area contributed by atoms with Crippen molar-refractivity contribution in [2.24, 2.45) is 0 Å². The zero-order chi connectivity index (χ0) is 25.9. The van der Waals surface area contributed by atoms with E-state index in [1.807, 2.05) is 50.2 Å². The van der Waals surface area contributed by atoms with E-state index in [0.717, 1.165) is 42.9 Å². The Morgan fingerprint density at radius 3 is 2.70 bits per heavy atom. The molecule has 8 nitrogen and oxygen atoms in total. The minimum atomic E-state index is -0.700. The molecule has 2 atom stereocenters. The number of carbonyl (C=O) groups excluding carboxylic acids is 2. The monoisotopic (exact) mass is 506 g/mol. The van der Waals surface area contributed by atoms with Crippen LogP contribution in [0.2, 0.25) is 0 Å². The summed E-state index contributed by atoms with van der Waals surface area (Å²) in [5.41, 5.74) is 2.33. The molecule has 1 N–H and O–H groups in total. The van der Waals surface area contributed by atoms with Crippen LogP contribution in [0.4, 0.5) is 0 Å². The van der Waals surface area contributed by atoms with Gasteiger partial charge < -0.3 is 24.2 Å². The van der Waals surface area contributed by atoms with E-state index in [1.165, 1.54) is 0 Å². The molecule has 0 aromatic heterocycles. The fraction of sp³-hybridized carbons (Fsp3) is 0.448. The first-order valence-electron chi connectivity index (χ1n) is 13.1. The van der Waals surface area contributed by atoms with E-state index in [4.69, 9.17) is 14.2 Å². The lowest BCUT2D eigenvalue weighted by Crippen LogP contribution is -2.38. The van der Waals surface area contributed by atoms with E-state index in [-0.39, 0.29) is 17.4 Å². The molecule has 3 aliphatic rings. The predicted molar refractivity (Wildman–Crippen MR) is 139 cm³/mol. The Bertz CT molecular complexity index is 1200. The minimum Gasteiger partial charge on any atom is -0.507 e. The van der Waals surface area contributed by atoms with Crippen molar-refractivity contribution in [3.8, 4) is 11.5 Å². The summed E-state index contributed by atoms with van der Waals surface area (Å²) in [6.45, 7) is 8.74. The molecule has 0 unspecified atom stereocenters. The van der Waals surface area contributed by atoms with Gasteiger partial charge in [0.05, 0.1) is 31.4 Å². The van der Waals surface area contributed by atoms with Crippen LogP contribution in [-0.2, 0) is 20.7 Å². The van der Waals surface area contributed by atoms with Gasteiger partial charge in [-0.05, 0) is 61.7 Å². The van der Waals surface area contributed by atoms with Crippen molar-refractivity contribution in [2.75, 3.05) is 46.0 Å². The number of benzene rings is 2. The normalized spacial score (nSPS) is 23.2. The topological polar surface area (TPSA) is 88.5 Å². The minimum absolute atomic E-state index is 0.0609. The average molecular weight is 507 g/mol. The number of Topliss-reactive ketones (excluding diaryl/α,β-unsaturated/α-hetero) is 1. The smallest absolute Gasteiger partial charge is 0.295 e. The highest BCUT2D eigenvalue weighted by atomic mass is 16.5. The molecule has 2 aromatic carbocycles. The van der Waals surface area contributed by atoms with E-state index in [9.17, 15) is 14.7 Å². The Labute approximate surface area is 217 Å². The lowest BCUT2D eigenvalue weighted by Gasteiger charge is -2.29. The number of likely N-dealkylation sites (tertiary alicyclic amines) is 1. The van der Waals surface area contributed by atoms with Gasteiger partial charge in [-0.3, -0.25) is 14.5 Å². The number of morpholine rings is 1. The number of carbonyl (C=O) groups is 2. The molecular weight excluding hydrogens is 472 g/mol. The molecule has 2 aromatic rings. The molecule has 1 amide bonds. The van der Waals surface area contributed by atoms with Crippen LogP contribution in [-0.4, -0.2) is 78.7 Å². The number of aliphatic hydroxyl groups excluding tert-OH is 1. The molecule has 8 heteroatoms. The lowest BCUT2D eigenvalue weighted by atomic mass is 9.94. The van der Waals surface area contributed by atoms with Crippen molar-refractivity contribution >= 4 is 17.4 Å². The summed E-state index contributed by atoms with van der Waals surface area (Å²) in [4.78, 5) is 30.6. The van der Waals surface area contributed by atoms with Gasteiger partial charge in [0.25, 0.3) is 11.7 Å². The van der Waals surface area contributed by atoms with Crippen LogP contribution >= 0.6 is 0 Å². The second kappa shape index (κ2) is 10.9. The second-order valence-electron chi connectivity index (χ2n) is 9.76. The fourth-order valence-electron chi connectivity index (χ4n) is 5.41. The molecule has 3 heterocycles. The SMILES string of the molecule is CCOc1cccc([C@@H]2C(=C(O)c3ccc4c(c3)C[C@H](C)O4)C(=O)C(=O)N2CCCN2CCOCC2)c1. The van der Waals surface area contributed by atoms with Gasteiger partial charge in [-0.15, -0.1) is 0 Å². The van der Waals surface area contributed by atoms with Crippen LogP contribution in [0.5, 0.6) is 11.5 Å². The van der Waals surface area contributed by atoms with E-state index in [1.54, 1.807) is 11.0 Å². The highest BCUT2D eigenvalue weighted by Crippen LogP contribution is 2.41. The predicted octanol–water partition coefficient (Wildman–Crippen LogP) is 3.55. The van der Waals surface area contributed by atoms with Crippen molar-refractivity contribution in [1.29, 1.82) is 0 Å². The van der Waals surface area contributed by atoms with E-state index < -0.39 is 17.7 Å². The van der Waals surface area contributed by atoms with Crippen LogP contribution in [0.3, 0.4) is 0 Å². The van der Waals surface area contributed by atoms with Gasteiger partial charge in [0.1, 0.15) is 23.4 Å². The molecule has 5 rings (SSSR count). The summed E-state index contributed by atoms with van der Waals surface area (Å²) in [6.07, 6.45) is 1.50. The first kappa shape index (κ1) is 25.3. The Hall–Kier alpha value is -3.36. The summed E-state index contributed by atoms with van der Waals surface area (Å²) >= 11 is 0. The third kappa shape index (κ3) is 5.22. The maximum Gasteiger partial charge on any atom is 0.295 e. The Morgan fingerprint density at radius 1 is 1.11 bits per heavy atom. The fourth-order valence-corrected chi connectivity index (χ4v) is 5.41. The highest BCUT2D eigenvalue weighted by molar-refractivity contribution is 6.46. The van der Waals surface area contributed by atoms with Crippen molar-refractivity contribution in [3.63, 3.8) is 0 Å². The van der Waals surface area contributed by atoms with Gasteiger partial charge in [-0.1, -0.05) is 12.1 Å². The standard InChI is InChI=1S/C29H34N2O6/c1-3-36-23-7-4-6-20(18-23)26-25(27(32)21-8-9-24-22(17-21)16-19(2)37-24)28(33)29(34)31(26)11-5-10-30-12-14-35-15-13-30/h4,6-9,17-19,26,32H,3,5,10-16H2,1-2H3/t19-,26+/m0/s1. The summed E-state index contributed by atoms with van der Waals surface area (Å²) in [6, 6.07) is 12.1. The zero-order valence-electron chi connectivity index (χ0n) is 21.4. The third-order valence-electron chi connectivity index (χ3n) is 7.17. The largest absolute Gasteiger partial charge is 0.507 e. The Balaban J connectivity index is 1.49. The first-order valence-corrected chi connectivity index (χ1v) is 13.1. The number of amides is 1. The molecule has 0 spiro atoms. The molecule has 3 aliphatic heterocycles. The van der Waals surface area contributed by atoms with Gasteiger partial charge in [-0.2, -0.15) is 0 Å². The first-order chi connectivity index (χ1) is 18.0. The molecule has 37 heavy (non-hydrogen) atoms. The summed E-state index contributed by atoms with van der Waals surface area (Å²) < 4.78 is 16.9. The number of hydrogen-bond donors (Lipinski definition) is 1. The maximum atomic E-state index is 13.4. The molecular formula is C29H34N2O6. The van der Waals surface area contributed by atoms with E-state index >= 15 is 0 Å². The van der Waals surface area contributed by atoms with Crippen LogP contribution in [0.25, 0.3) is 5.76 Å². The van der Waals surface area contributed by atoms with Crippen molar-refractivity contribution < 1.29 is 28.9 Å². The summed E-state index contributed by atoms with van der Waals surface area (Å²) in [5.74, 6) is 0.0219. The molecule has 0 aliphatic carbocycles. The Kier molecular flexibility index (Phi) is 7.48. The number of hydrogen-bond acceptors (Lipinski definition) is 7. The highest BCUT2D eigenvalue weighted by Gasteiger charge is 2.46. The summed E-state index contributed by atoms with van der Waals surface area (Å²) in [5, 5.41) is 11.4. The van der Waals surface area contributed by atoms with Crippen LogP contribution in [0.1, 0.15) is 43.0 Å². The maximum absolute atomic E-state index is 13.4. The Morgan fingerprint density at radius 2 is 1.92 bits per heavy atom. The van der Waals surface area contributed by atoms with Crippen LogP contribution in [0, 0.1) is 0 Å². The number of aliphatic hydroxyl groups is 1. The molecule has 2 saturated heterocycles. The number of fused-ring (bicyclic) bond motifs is 1. The third-order valence-corrected chi connectivity index (χ3v) is 7.17.